The Bertz CT molecular complexity index is 852. The molecule has 1 atom stereocenters. The van der Waals surface area contributed by atoms with Crippen molar-refractivity contribution in [2.75, 3.05) is 0 Å². The van der Waals surface area contributed by atoms with Crippen molar-refractivity contribution in [3.8, 4) is 6.01 Å². The third-order valence-electron chi connectivity index (χ3n) is 3.32. The lowest BCUT2D eigenvalue weighted by atomic mass is 10.3. The molecule has 10 heteroatoms. The summed E-state index contributed by atoms with van der Waals surface area (Å²) in [5.74, 6) is 0.460. The lowest BCUT2D eigenvalue weighted by molar-refractivity contribution is 0.211. The van der Waals surface area contributed by atoms with Crippen LogP contribution in [0.25, 0.3) is 0 Å². The van der Waals surface area contributed by atoms with Crippen molar-refractivity contribution in [1.29, 1.82) is 0 Å². The van der Waals surface area contributed by atoms with Gasteiger partial charge in [-0.15, -0.1) is 5.10 Å². The molecule has 0 radical (unpaired) electrons. The summed E-state index contributed by atoms with van der Waals surface area (Å²) >= 11 is 11.7. The van der Waals surface area contributed by atoms with Crippen LogP contribution in [0.15, 0.2) is 23.1 Å². The topological polar surface area (TPSA) is 86.1 Å². The van der Waals surface area contributed by atoms with E-state index in [9.17, 15) is 8.42 Å². The number of hydrogen-bond donors (Lipinski definition) is 1. The van der Waals surface area contributed by atoms with Crippen molar-refractivity contribution in [3.05, 3.63) is 34.1 Å². The zero-order chi connectivity index (χ0) is 18.8. The van der Waals surface area contributed by atoms with Crippen LogP contribution in [-0.4, -0.2) is 29.3 Å². The second kappa shape index (κ2) is 7.90. The van der Waals surface area contributed by atoms with Gasteiger partial charge in [-0.1, -0.05) is 28.3 Å². The van der Waals surface area contributed by atoms with Crippen molar-refractivity contribution in [2.24, 2.45) is 0 Å². The molecule has 1 N–H and O–H groups in total. The lowest BCUT2D eigenvalue weighted by Crippen LogP contribution is -2.29. The van der Waals surface area contributed by atoms with Crippen molar-refractivity contribution in [3.63, 3.8) is 0 Å². The van der Waals surface area contributed by atoms with Gasteiger partial charge in [0.15, 0.2) is 5.82 Å². The Morgan fingerprint density at radius 3 is 2.44 bits per heavy atom. The number of halogens is 2. The summed E-state index contributed by atoms with van der Waals surface area (Å²) < 4.78 is 35.0. The number of aromatic nitrogens is 3. The second-order valence-electron chi connectivity index (χ2n) is 5.67. The first-order valence-corrected chi connectivity index (χ1v) is 9.96. The van der Waals surface area contributed by atoms with Gasteiger partial charge in [0.2, 0.25) is 10.0 Å². The molecule has 7 nitrogen and oxygen atoms in total. The first kappa shape index (κ1) is 20.0. The van der Waals surface area contributed by atoms with Crippen LogP contribution in [0, 0.1) is 0 Å². The number of rotatable bonds is 7. The number of nitrogens with zero attached hydrogens (tertiary/aromatic N) is 3. The highest BCUT2D eigenvalue weighted by Gasteiger charge is 2.24. The first-order chi connectivity index (χ1) is 11.7. The highest BCUT2D eigenvalue weighted by molar-refractivity contribution is 7.89. The molecule has 0 amide bonds. The number of benzene rings is 1. The second-order valence-corrected chi connectivity index (χ2v) is 8.20. The Morgan fingerprint density at radius 1 is 1.20 bits per heavy atom. The quantitative estimate of drug-likeness (QED) is 0.760. The van der Waals surface area contributed by atoms with Crippen molar-refractivity contribution < 1.29 is 13.2 Å². The Balaban J connectivity index is 2.27. The van der Waals surface area contributed by atoms with Gasteiger partial charge in [0.25, 0.3) is 0 Å². The van der Waals surface area contributed by atoms with E-state index >= 15 is 0 Å². The van der Waals surface area contributed by atoms with E-state index in [2.05, 4.69) is 14.9 Å². The van der Waals surface area contributed by atoms with Crippen molar-refractivity contribution in [1.82, 2.24) is 19.5 Å². The summed E-state index contributed by atoms with van der Waals surface area (Å²) in [5, 5.41) is 8.51. The highest BCUT2D eigenvalue weighted by atomic mass is 35.5. The van der Waals surface area contributed by atoms with Crippen LogP contribution in [0.2, 0.25) is 10.0 Å². The van der Waals surface area contributed by atoms with E-state index in [1.165, 1.54) is 18.2 Å². The lowest BCUT2D eigenvalue weighted by Gasteiger charge is -2.16. The van der Waals surface area contributed by atoms with E-state index in [0.717, 1.165) is 0 Å². The zero-order valence-electron chi connectivity index (χ0n) is 14.3. The first-order valence-electron chi connectivity index (χ1n) is 7.72. The van der Waals surface area contributed by atoms with Crippen molar-refractivity contribution in [2.45, 2.75) is 51.3 Å². The van der Waals surface area contributed by atoms with E-state index in [1.54, 1.807) is 11.5 Å². The predicted octanol–water partition coefficient (Wildman–Crippen LogP) is 3.43. The molecule has 0 spiro atoms. The van der Waals surface area contributed by atoms with Crippen LogP contribution in [0.4, 0.5) is 0 Å². The monoisotopic (exact) mass is 406 g/mol. The minimum atomic E-state index is -3.80. The molecule has 2 rings (SSSR count). The maximum Gasteiger partial charge on any atom is 0.317 e. The Hall–Kier alpha value is -1.35. The van der Waals surface area contributed by atoms with Gasteiger partial charge in [0.05, 0.1) is 27.1 Å². The van der Waals surface area contributed by atoms with E-state index in [0.29, 0.717) is 18.4 Å². The van der Waals surface area contributed by atoms with Gasteiger partial charge in [0.1, 0.15) is 0 Å². The van der Waals surface area contributed by atoms with Crippen LogP contribution in [0.1, 0.15) is 39.6 Å². The molecule has 0 aliphatic rings. The molecule has 2 aromatic rings. The van der Waals surface area contributed by atoms with Gasteiger partial charge < -0.3 is 4.74 Å². The van der Waals surface area contributed by atoms with Gasteiger partial charge in [-0.2, -0.15) is 0 Å². The number of hydrogen-bond acceptors (Lipinski definition) is 5. The number of sulfonamides is 1. The third-order valence-corrected chi connectivity index (χ3v) is 5.60. The molecule has 0 aliphatic heterocycles. The summed E-state index contributed by atoms with van der Waals surface area (Å²) in [7, 11) is -3.80. The van der Waals surface area contributed by atoms with Crippen molar-refractivity contribution >= 4 is 33.2 Å². The van der Waals surface area contributed by atoms with Gasteiger partial charge in [-0.3, -0.25) is 4.57 Å². The summed E-state index contributed by atoms with van der Waals surface area (Å²) in [6, 6.07) is 3.87. The fourth-order valence-electron chi connectivity index (χ4n) is 2.21. The molecular weight excluding hydrogens is 387 g/mol. The van der Waals surface area contributed by atoms with Crippen LogP contribution in [0.3, 0.4) is 0 Å². The molecule has 25 heavy (non-hydrogen) atoms. The Morgan fingerprint density at radius 2 is 1.88 bits per heavy atom. The molecular formula is C15H20Cl2N4O3S. The number of nitrogens with one attached hydrogen (secondary N) is 1. The minimum absolute atomic E-state index is 0.0231. The molecule has 1 heterocycles. The van der Waals surface area contributed by atoms with Crippen LogP contribution < -0.4 is 9.46 Å². The third kappa shape index (κ3) is 4.63. The van der Waals surface area contributed by atoms with E-state index in [4.69, 9.17) is 27.9 Å². The molecule has 0 aliphatic carbocycles. The SMILES string of the molecule is CCn1c(OC(C)C)nnc1[C@@H](C)NS(=O)(=O)c1ccc(Cl)c(Cl)c1. The molecule has 138 valence electrons. The van der Waals surface area contributed by atoms with Gasteiger partial charge in [-0.05, 0) is 45.9 Å². The van der Waals surface area contributed by atoms with E-state index in [1.807, 2.05) is 20.8 Å². The smallest absolute Gasteiger partial charge is 0.317 e. The maximum absolute atomic E-state index is 12.6. The Kier molecular flexibility index (Phi) is 6.31. The Labute approximate surface area is 157 Å². The number of ether oxygens (including phenoxy) is 1. The standard InChI is InChI=1S/C15H20Cl2N4O3S/c1-5-21-14(18-19-15(21)24-9(2)3)10(4)20-25(22,23)11-6-7-12(16)13(17)8-11/h6-10,20H,5H2,1-4H3/t10-/m1/s1. The highest BCUT2D eigenvalue weighted by Crippen LogP contribution is 2.26. The average Bonchev–Trinajstić information content (AvgIpc) is 2.91. The zero-order valence-corrected chi connectivity index (χ0v) is 16.7. The largest absolute Gasteiger partial charge is 0.461 e. The molecule has 0 bridgehead atoms. The summed E-state index contributed by atoms with van der Waals surface area (Å²) in [5.41, 5.74) is 0. The fourth-order valence-corrected chi connectivity index (χ4v) is 3.80. The van der Waals surface area contributed by atoms with E-state index < -0.39 is 16.1 Å². The van der Waals surface area contributed by atoms with Gasteiger partial charge >= 0.3 is 6.01 Å². The van der Waals surface area contributed by atoms with Gasteiger partial charge in [0, 0.05) is 6.54 Å². The van der Waals surface area contributed by atoms with E-state index in [-0.39, 0.29) is 21.0 Å². The molecule has 1 aromatic carbocycles. The maximum atomic E-state index is 12.6. The molecule has 0 fully saturated rings. The normalized spacial score (nSPS) is 13.2. The summed E-state index contributed by atoms with van der Waals surface area (Å²) in [6.07, 6.45) is -0.0643. The molecule has 0 saturated carbocycles. The molecule has 0 unspecified atom stereocenters. The van der Waals surface area contributed by atoms with Crippen LogP contribution >= 0.6 is 23.2 Å². The summed E-state index contributed by atoms with van der Waals surface area (Å²) in [4.78, 5) is 0.0231. The minimum Gasteiger partial charge on any atom is -0.461 e. The molecule has 0 saturated heterocycles. The predicted molar refractivity (Wildman–Crippen MR) is 96.7 cm³/mol. The van der Waals surface area contributed by atoms with Gasteiger partial charge in [-0.25, -0.2) is 13.1 Å². The fraction of sp³-hybridized carbons (Fsp3) is 0.467. The molecule has 1 aromatic heterocycles. The van der Waals surface area contributed by atoms with Crippen LogP contribution in [0.5, 0.6) is 6.01 Å². The van der Waals surface area contributed by atoms with Crippen LogP contribution in [-0.2, 0) is 16.6 Å². The average molecular weight is 407 g/mol. The summed E-state index contributed by atoms with van der Waals surface area (Å²) in [6.45, 7) is 7.89.